The smallest absolute Gasteiger partial charge is 0.253 e. The Labute approximate surface area is 197 Å². The van der Waals surface area contributed by atoms with Gasteiger partial charge >= 0.3 is 0 Å². The molecule has 0 aliphatic rings. The quantitative estimate of drug-likeness (QED) is 0.193. The van der Waals surface area contributed by atoms with Gasteiger partial charge in [0.15, 0.2) is 5.96 Å². The molecule has 7 heteroatoms. The van der Waals surface area contributed by atoms with E-state index in [1.165, 1.54) is 0 Å². The van der Waals surface area contributed by atoms with Crippen molar-refractivity contribution in [3.05, 3.63) is 65.7 Å². The lowest BCUT2D eigenvalue weighted by atomic mass is 10.1. The van der Waals surface area contributed by atoms with Gasteiger partial charge in [0.25, 0.3) is 5.91 Å². The molecular formula is C23H34IN5O. The maximum Gasteiger partial charge on any atom is 0.253 e. The number of hydrogen-bond donors (Lipinski definition) is 3. The molecule has 2 aromatic rings. The predicted molar refractivity (Wildman–Crippen MR) is 137 cm³/mol. The first kappa shape index (κ1) is 25.7. The first-order valence-electron chi connectivity index (χ1n) is 10.2. The number of hydrogen-bond acceptors (Lipinski definition) is 3. The molecule has 0 bridgehead atoms. The molecular weight excluding hydrogens is 489 g/mol. The van der Waals surface area contributed by atoms with Crippen LogP contribution in [0.4, 0.5) is 5.69 Å². The number of nitrogens with zero attached hydrogens (tertiary/aromatic N) is 2. The summed E-state index contributed by atoms with van der Waals surface area (Å²) < 4.78 is 0. The van der Waals surface area contributed by atoms with E-state index >= 15 is 0 Å². The van der Waals surface area contributed by atoms with Gasteiger partial charge in [0.1, 0.15) is 0 Å². The fourth-order valence-corrected chi connectivity index (χ4v) is 2.84. The number of anilines is 1. The van der Waals surface area contributed by atoms with Crippen molar-refractivity contribution in [1.82, 2.24) is 15.5 Å². The fourth-order valence-electron chi connectivity index (χ4n) is 2.84. The summed E-state index contributed by atoms with van der Waals surface area (Å²) in [4.78, 5) is 18.3. The van der Waals surface area contributed by atoms with Crippen LogP contribution < -0.4 is 16.0 Å². The minimum atomic E-state index is 0. The van der Waals surface area contributed by atoms with Crippen molar-refractivity contribution in [3.8, 4) is 0 Å². The largest absolute Gasteiger partial charge is 0.385 e. The normalized spacial score (nSPS) is 10.7. The zero-order valence-electron chi connectivity index (χ0n) is 18.1. The van der Waals surface area contributed by atoms with Crippen molar-refractivity contribution >= 4 is 41.5 Å². The fraction of sp³-hybridized carbons (Fsp3) is 0.391. The Hall–Kier alpha value is -2.29. The molecule has 0 saturated carbocycles. The van der Waals surface area contributed by atoms with Gasteiger partial charge in [0.05, 0.1) is 0 Å². The average Bonchev–Trinajstić information content (AvgIpc) is 2.73. The van der Waals surface area contributed by atoms with Crippen LogP contribution in [0.3, 0.4) is 0 Å². The standard InChI is InChI=1S/C23H33N5O.HI/c1-4-24-23(26-16-9-15-25-21-12-6-5-7-13-21)27-17-14-19-10-8-11-20(18-19)22(29)28(2)3;/h5-8,10-13,18,25H,4,9,14-17H2,1-3H3,(H2,24,26,27);1H. The van der Waals surface area contributed by atoms with Gasteiger partial charge in [-0.25, -0.2) is 0 Å². The highest BCUT2D eigenvalue weighted by Gasteiger charge is 2.08. The Morgan fingerprint density at radius 2 is 1.77 bits per heavy atom. The van der Waals surface area contributed by atoms with Crippen LogP contribution in [0.2, 0.25) is 0 Å². The molecule has 0 fully saturated rings. The maximum atomic E-state index is 12.1. The Kier molecular flexibility index (Phi) is 12.6. The average molecular weight is 523 g/mol. The van der Waals surface area contributed by atoms with E-state index in [9.17, 15) is 4.79 Å². The molecule has 0 radical (unpaired) electrons. The molecule has 1 amide bonds. The van der Waals surface area contributed by atoms with E-state index in [4.69, 9.17) is 0 Å². The van der Waals surface area contributed by atoms with Crippen molar-refractivity contribution in [2.45, 2.75) is 19.8 Å². The summed E-state index contributed by atoms with van der Waals surface area (Å²) in [5.41, 5.74) is 2.99. The summed E-state index contributed by atoms with van der Waals surface area (Å²) in [6.07, 6.45) is 1.79. The number of aliphatic imine (C=N–C) groups is 1. The van der Waals surface area contributed by atoms with E-state index in [1.807, 2.05) is 42.5 Å². The number of halogens is 1. The molecule has 0 atom stereocenters. The number of benzene rings is 2. The highest BCUT2D eigenvalue weighted by Crippen LogP contribution is 2.08. The van der Waals surface area contributed by atoms with Gasteiger partial charge in [0, 0.05) is 51.5 Å². The van der Waals surface area contributed by atoms with Crippen molar-refractivity contribution in [2.24, 2.45) is 4.99 Å². The number of guanidine groups is 1. The third-order valence-corrected chi connectivity index (χ3v) is 4.34. The SMILES string of the molecule is CCNC(=NCCCNc1ccccc1)NCCc1cccc(C(=O)N(C)C)c1.I. The van der Waals surface area contributed by atoms with Crippen molar-refractivity contribution in [3.63, 3.8) is 0 Å². The van der Waals surface area contributed by atoms with E-state index in [-0.39, 0.29) is 29.9 Å². The molecule has 0 aliphatic carbocycles. The molecule has 3 N–H and O–H groups in total. The molecule has 30 heavy (non-hydrogen) atoms. The van der Waals surface area contributed by atoms with Gasteiger partial charge in [-0.3, -0.25) is 9.79 Å². The number of rotatable bonds is 10. The van der Waals surface area contributed by atoms with Crippen molar-refractivity contribution in [1.29, 1.82) is 0 Å². The van der Waals surface area contributed by atoms with E-state index < -0.39 is 0 Å². The summed E-state index contributed by atoms with van der Waals surface area (Å²) in [6.45, 7) is 5.28. The number of para-hydroxylation sites is 1. The molecule has 6 nitrogen and oxygen atoms in total. The topological polar surface area (TPSA) is 68.8 Å². The van der Waals surface area contributed by atoms with E-state index in [0.717, 1.165) is 61.8 Å². The Balaban J connectivity index is 0.00000450. The van der Waals surface area contributed by atoms with Crippen LogP contribution in [0.5, 0.6) is 0 Å². The Morgan fingerprint density at radius 1 is 1.00 bits per heavy atom. The summed E-state index contributed by atoms with van der Waals surface area (Å²) in [6, 6.07) is 18.0. The van der Waals surface area contributed by atoms with Crippen LogP contribution in [-0.2, 0) is 6.42 Å². The lowest BCUT2D eigenvalue weighted by Crippen LogP contribution is -2.38. The van der Waals surface area contributed by atoms with Gasteiger partial charge in [-0.15, -0.1) is 24.0 Å². The summed E-state index contributed by atoms with van der Waals surface area (Å²) in [7, 11) is 3.54. The Bertz CT molecular complexity index is 780. The second-order valence-electron chi connectivity index (χ2n) is 6.98. The third-order valence-electron chi connectivity index (χ3n) is 4.34. The predicted octanol–water partition coefficient (Wildman–Crippen LogP) is 3.61. The lowest BCUT2D eigenvalue weighted by Gasteiger charge is -2.13. The molecule has 0 saturated heterocycles. The Morgan fingerprint density at radius 3 is 2.47 bits per heavy atom. The van der Waals surface area contributed by atoms with E-state index in [1.54, 1.807) is 19.0 Å². The van der Waals surface area contributed by atoms with Crippen LogP contribution in [0.1, 0.15) is 29.3 Å². The maximum absolute atomic E-state index is 12.1. The first-order valence-corrected chi connectivity index (χ1v) is 10.2. The second kappa shape index (κ2) is 14.7. The lowest BCUT2D eigenvalue weighted by molar-refractivity contribution is 0.0827. The zero-order valence-corrected chi connectivity index (χ0v) is 20.5. The monoisotopic (exact) mass is 523 g/mol. The highest BCUT2D eigenvalue weighted by atomic mass is 127. The first-order chi connectivity index (χ1) is 14.1. The van der Waals surface area contributed by atoms with E-state index in [0.29, 0.717) is 0 Å². The zero-order chi connectivity index (χ0) is 20.9. The molecule has 2 rings (SSSR count). The molecule has 0 spiro atoms. The van der Waals surface area contributed by atoms with Gasteiger partial charge in [-0.2, -0.15) is 0 Å². The molecule has 2 aromatic carbocycles. The van der Waals surface area contributed by atoms with Gasteiger partial charge < -0.3 is 20.9 Å². The van der Waals surface area contributed by atoms with Crippen molar-refractivity contribution in [2.75, 3.05) is 45.6 Å². The number of amides is 1. The van der Waals surface area contributed by atoms with Gasteiger partial charge in [-0.05, 0) is 49.6 Å². The third kappa shape index (κ3) is 9.47. The van der Waals surface area contributed by atoms with Gasteiger partial charge in [-0.1, -0.05) is 30.3 Å². The molecule has 0 unspecified atom stereocenters. The van der Waals surface area contributed by atoms with Crippen LogP contribution in [0, 0.1) is 0 Å². The van der Waals surface area contributed by atoms with Crippen molar-refractivity contribution < 1.29 is 4.79 Å². The summed E-state index contributed by atoms with van der Waals surface area (Å²) >= 11 is 0. The number of carbonyl (C=O) groups excluding carboxylic acids is 1. The molecule has 0 aromatic heterocycles. The second-order valence-corrected chi connectivity index (χ2v) is 6.98. The van der Waals surface area contributed by atoms with Crippen LogP contribution in [-0.4, -0.2) is 57.0 Å². The molecule has 0 aliphatic heterocycles. The summed E-state index contributed by atoms with van der Waals surface area (Å²) in [5, 5.41) is 10.0. The minimum Gasteiger partial charge on any atom is -0.385 e. The van der Waals surface area contributed by atoms with Crippen LogP contribution in [0.15, 0.2) is 59.6 Å². The van der Waals surface area contributed by atoms with Crippen LogP contribution in [0.25, 0.3) is 0 Å². The highest BCUT2D eigenvalue weighted by molar-refractivity contribution is 14.0. The summed E-state index contributed by atoms with van der Waals surface area (Å²) in [5.74, 6) is 0.853. The van der Waals surface area contributed by atoms with E-state index in [2.05, 4.69) is 40.0 Å². The molecule has 0 heterocycles. The minimum absolute atomic E-state index is 0. The van der Waals surface area contributed by atoms with Crippen LogP contribution >= 0.6 is 24.0 Å². The number of carbonyl (C=O) groups is 1. The van der Waals surface area contributed by atoms with Gasteiger partial charge in [0.2, 0.25) is 0 Å². The number of nitrogens with one attached hydrogen (secondary N) is 3. The molecule has 164 valence electrons.